The highest BCUT2D eigenvalue weighted by atomic mass is 16.5. The van der Waals surface area contributed by atoms with Crippen LogP contribution in [-0.2, 0) is 4.74 Å². The van der Waals surface area contributed by atoms with Crippen molar-refractivity contribution < 1.29 is 14.6 Å². The number of methoxy groups -OCH3 is 1. The van der Waals surface area contributed by atoms with E-state index in [1.807, 2.05) is 0 Å². The molecular formula is C8H11N3O3. The van der Waals surface area contributed by atoms with Crippen molar-refractivity contribution >= 4 is 11.8 Å². The molecule has 1 aromatic heterocycles. The molecular weight excluding hydrogens is 186 g/mol. The first kappa shape index (κ1) is 10.4. The smallest absolute Gasteiger partial charge is 0.356 e. The van der Waals surface area contributed by atoms with Gasteiger partial charge in [-0.3, -0.25) is 4.98 Å². The summed E-state index contributed by atoms with van der Waals surface area (Å²) in [6.07, 6.45) is 2.66. The molecule has 1 heterocycles. The summed E-state index contributed by atoms with van der Waals surface area (Å²) >= 11 is 0. The van der Waals surface area contributed by atoms with Crippen molar-refractivity contribution in [1.29, 1.82) is 0 Å². The Balaban J connectivity index is 2.59. The lowest BCUT2D eigenvalue weighted by Crippen LogP contribution is -2.11. The highest BCUT2D eigenvalue weighted by Crippen LogP contribution is 2.01. The van der Waals surface area contributed by atoms with E-state index in [1.54, 1.807) is 7.11 Å². The fourth-order valence-corrected chi connectivity index (χ4v) is 0.835. The first-order valence-corrected chi connectivity index (χ1v) is 4.02. The van der Waals surface area contributed by atoms with Gasteiger partial charge >= 0.3 is 5.97 Å². The molecule has 0 fully saturated rings. The number of nitrogens with one attached hydrogen (secondary N) is 1. The predicted octanol–water partition coefficient (Wildman–Crippen LogP) is 0.233. The molecule has 1 aromatic rings. The van der Waals surface area contributed by atoms with Gasteiger partial charge < -0.3 is 15.2 Å². The summed E-state index contributed by atoms with van der Waals surface area (Å²) in [4.78, 5) is 18.1. The molecule has 0 spiro atoms. The predicted molar refractivity (Wildman–Crippen MR) is 49.4 cm³/mol. The van der Waals surface area contributed by atoms with E-state index in [-0.39, 0.29) is 5.69 Å². The van der Waals surface area contributed by atoms with Crippen LogP contribution < -0.4 is 5.32 Å². The minimum Gasteiger partial charge on any atom is -0.476 e. The van der Waals surface area contributed by atoms with E-state index < -0.39 is 5.97 Å². The van der Waals surface area contributed by atoms with Crippen molar-refractivity contribution in [2.24, 2.45) is 0 Å². The van der Waals surface area contributed by atoms with E-state index >= 15 is 0 Å². The van der Waals surface area contributed by atoms with Crippen LogP contribution in [0.25, 0.3) is 0 Å². The van der Waals surface area contributed by atoms with Crippen LogP contribution in [0.15, 0.2) is 12.4 Å². The zero-order valence-electron chi connectivity index (χ0n) is 7.73. The Labute approximate surface area is 80.9 Å². The molecule has 0 aromatic carbocycles. The Morgan fingerprint density at radius 2 is 2.43 bits per heavy atom. The minimum absolute atomic E-state index is 0.0765. The number of anilines is 1. The van der Waals surface area contributed by atoms with Gasteiger partial charge in [0.15, 0.2) is 5.69 Å². The minimum atomic E-state index is -1.09. The van der Waals surface area contributed by atoms with Crippen molar-refractivity contribution in [2.45, 2.75) is 0 Å². The highest BCUT2D eigenvalue weighted by Gasteiger charge is 2.05. The molecule has 1 rings (SSSR count). The van der Waals surface area contributed by atoms with E-state index in [9.17, 15) is 4.79 Å². The van der Waals surface area contributed by atoms with Crippen molar-refractivity contribution in [3.8, 4) is 0 Å². The second kappa shape index (κ2) is 5.13. The molecule has 0 amide bonds. The summed E-state index contributed by atoms with van der Waals surface area (Å²) in [5, 5.41) is 11.5. The Morgan fingerprint density at radius 1 is 1.64 bits per heavy atom. The zero-order chi connectivity index (χ0) is 10.4. The second-order valence-electron chi connectivity index (χ2n) is 2.51. The van der Waals surface area contributed by atoms with E-state index in [4.69, 9.17) is 9.84 Å². The third-order valence-electron chi connectivity index (χ3n) is 1.47. The van der Waals surface area contributed by atoms with E-state index in [0.29, 0.717) is 19.0 Å². The number of carboxylic acids is 1. The van der Waals surface area contributed by atoms with E-state index in [2.05, 4.69) is 15.3 Å². The summed E-state index contributed by atoms with van der Waals surface area (Å²) in [6, 6.07) is 0. The SMILES string of the molecule is COCCNc1cncc(C(=O)O)n1. The van der Waals surface area contributed by atoms with Gasteiger partial charge in [0.05, 0.1) is 19.0 Å². The molecule has 0 bridgehead atoms. The van der Waals surface area contributed by atoms with Gasteiger partial charge in [-0.25, -0.2) is 9.78 Å². The summed E-state index contributed by atoms with van der Waals surface area (Å²) in [6.45, 7) is 1.09. The summed E-state index contributed by atoms with van der Waals surface area (Å²) in [5.41, 5.74) is -0.0765. The van der Waals surface area contributed by atoms with Crippen LogP contribution in [0.3, 0.4) is 0 Å². The molecule has 0 radical (unpaired) electrons. The number of hydrogen-bond acceptors (Lipinski definition) is 5. The molecule has 6 nitrogen and oxygen atoms in total. The lowest BCUT2D eigenvalue weighted by Gasteiger charge is -2.03. The van der Waals surface area contributed by atoms with Gasteiger partial charge in [0, 0.05) is 13.7 Å². The van der Waals surface area contributed by atoms with Crippen molar-refractivity contribution in [2.75, 3.05) is 25.6 Å². The van der Waals surface area contributed by atoms with Gasteiger partial charge in [0.1, 0.15) is 5.82 Å². The molecule has 76 valence electrons. The fourth-order valence-electron chi connectivity index (χ4n) is 0.835. The topological polar surface area (TPSA) is 84.3 Å². The number of ether oxygens (including phenoxy) is 1. The average Bonchev–Trinajstić information content (AvgIpc) is 2.19. The Bertz CT molecular complexity index is 316. The quantitative estimate of drug-likeness (QED) is 0.657. The maximum atomic E-state index is 10.5. The van der Waals surface area contributed by atoms with Crippen LogP contribution in [0.1, 0.15) is 10.5 Å². The van der Waals surface area contributed by atoms with Crippen LogP contribution >= 0.6 is 0 Å². The number of aromatic nitrogens is 2. The van der Waals surface area contributed by atoms with Gasteiger partial charge in [-0.1, -0.05) is 0 Å². The van der Waals surface area contributed by atoms with Crippen molar-refractivity contribution in [3.63, 3.8) is 0 Å². The van der Waals surface area contributed by atoms with Crippen LogP contribution in [-0.4, -0.2) is 41.3 Å². The summed E-state index contributed by atoms with van der Waals surface area (Å²) < 4.78 is 4.81. The molecule has 0 saturated carbocycles. The zero-order valence-corrected chi connectivity index (χ0v) is 7.73. The van der Waals surface area contributed by atoms with E-state index in [0.717, 1.165) is 0 Å². The average molecular weight is 197 g/mol. The van der Waals surface area contributed by atoms with Crippen LogP contribution in [0.2, 0.25) is 0 Å². The third-order valence-corrected chi connectivity index (χ3v) is 1.47. The molecule has 2 N–H and O–H groups in total. The largest absolute Gasteiger partial charge is 0.476 e. The van der Waals surface area contributed by atoms with Crippen LogP contribution in [0, 0.1) is 0 Å². The number of aromatic carboxylic acids is 1. The number of hydrogen-bond donors (Lipinski definition) is 2. The fraction of sp³-hybridized carbons (Fsp3) is 0.375. The molecule has 14 heavy (non-hydrogen) atoms. The molecule has 0 aliphatic heterocycles. The maximum absolute atomic E-state index is 10.5. The molecule has 0 saturated heterocycles. The standard InChI is InChI=1S/C8H11N3O3/c1-14-3-2-10-7-5-9-4-6(11-7)8(12)13/h4-5H,2-3H2,1H3,(H,10,11)(H,12,13). The first-order chi connectivity index (χ1) is 6.74. The summed E-state index contributed by atoms with van der Waals surface area (Å²) in [7, 11) is 1.58. The number of rotatable bonds is 5. The lowest BCUT2D eigenvalue weighted by atomic mass is 10.4. The number of carbonyl (C=O) groups is 1. The number of nitrogens with zero attached hydrogens (tertiary/aromatic N) is 2. The Kier molecular flexibility index (Phi) is 3.81. The Morgan fingerprint density at radius 3 is 3.07 bits per heavy atom. The van der Waals surface area contributed by atoms with Gasteiger partial charge in [0.2, 0.25) is 0 Å². The van der Waals surface area contributed by atoms with Crippen molar-refractivity contribution in [1.82, 2.24) is 9.97 Å². The molecule has 0 aliphatic carbocycles. The lowest BCUT2D eigenvalue weighted by molar-refractivity contribution is 0.0690. The molecule has 0 unspecified atom stereocenters. The highest BCUT2D eigenvalue weighted by molar-refractivity contribution is 5.85. The van der Waals surface area contributed by atoms with Crippen LogP contribution in [0.4, 0.5) is 5.82 Å². The second-order valence-corrected chi connectivity index (χ2v) is 2.51. The third kappa shape index (κ3) is 2.98. The van der Waals surface area contributed by atoms with Crippen molar-refractivity contribution in [3.05, 3.63) is 18.1 Å². The van der Waals surface area contributed by atoms with Gasteiger partial charge in [-0.15, -0.1) is 0 Å². The van der Waals surface area contributed by atoms with Gasteiger partial charge in [-0.05, 0) is 0 Å². The monoisotopic (exact) mass is 197 g/mol. The Hall–Kier alpha value is -1.69. The molecule has 0 aliphatic rings. The van der Waals surface area contributed by atoms with E-state index in [1.165, 1.54) is 12.4 Å². The maximum Gasteiger partial charge on any atom is 0.356 e. The number of carboxylic acid groups (broad SMARTS) is 1. The summed E-state index contributed by atoms with van der Waals surface area (Å²) in [5.74, 6) is -0.658. The van der Waals surface area contributed by atoms with Crippen LogP contribution in [0.5, 0.6) is 0 Å². The first-order valence-electron chi connectivity index (χ1n) is 4.02. The van der Waals surface area contributed by atoms with Gasteiger partial charge in [0.25, 0.3) is 0 Å². The molecule has 0 atom stereocenters. The molecule has 6 heteroatoms. The van der Waals surface area contributed by atoms with Gasteiger partial charge in [-0.2, -0.15) is 0 Å². The normalized spacial score (nSPS) is 9.79.